The van der Waals surface area contributed by atoms with Crippen LogP contribution in [0.1, 0.15) is 16.8 Å². The van der Waals surface area contributed by atoms with Crippen LogP contribution in [-0.4, -0.2) is 52.9 Å². The van der Waals surface area contributed by atoms with Crippen molar-refractivity contribution in [2.45, 2.75) is 24.8 Å². The summed E-state index contributed by atoms with van der Waals surface area (Å²) >= 11 is -1.32. The molecule has 1 aromatic carbocycles. The zero-order valence-electron chi connectivity index (χ0n) is 16.3. The summed E-state index contributed by atoms with van der Waals surface area (Å²) in [7, 11) is 1.62. The SMILES string of the molecule is COc1ccc2[nH]c([S+]([O-])Cc3ncc(C)c(N4CCOCC4)c3C)nc2c1. The molecule has 2 aromatic heterocycles. The zero-order chi connectivity index (χ0) is 19.7. The lowest BCUT2D eigenvalue weighted by Gasteiger charge is -2.31. The Kier molecular flexibility index (Phi) is 5.43. The number of aryl methyl sites for hydroxylation is 1. The molecule has 8 heteroatoms. The number of hydrogen-bond acceptors (Lipinski definition) is 6. The average molecular weight is 401 g/mol. The van der Waals surface area contributed by atoms with Crippen LogP contribution >= 0.6 is 0 Å². The fraction of sp³-hybridized carbons (Fsp3) is 0.400. The molecule has 148 valence electrons. The summed E-state index contributed by atoms with van der Waals surface area (Å²) in [5.74, 6) is 1.04. The minimum Gasteiger partial charge on any atom is -0.609 e. The number of benzene rings is 1. The molecule has 1 unspecified atom stereocenters. The Balaban J connectivity index is 1.60. The number of fused-ring (bicyclic) bond motifs is 1. The molecule has 3 aromatic rings. The normalized spacial score (nSPS) is 15.8. The van der Waals surface area contributed by atoms with Gasteiger partial charge in [-0.05, 0) is 37.1 Å². The number of morpholine rings is 1. The fourth-order valence-electron chi connectivity index (χ4n) is 3.57. The van der Waals surface area contributed by atoms with Gasteiger partial charge in [0.1, 0.15) is 5.75 Å². The third-order valence-electron chi connectivity index (χ3n) is 5.05. The van der Waals surface area contributed by atoms with Crippen LogP contribution in [0.5, 0.6) is 5.75 Å². The highest BCUT2D eigenvalue weighted by molar-refractivity contribution is 7.90. The number of rotatable bonds is 5. The summed E-state index contributed by atoms with van der Waals surface area (Å²) in [6, 6.07) is 5.57. The van der Waals surface area contributed by atoms with E-state index in [0.29, 0.717) is 10.9 Å². The van der Waals surface area contributed by atoms with Gasteiger partial charge < -0.3 is 18.9 Å². The number of ether oxygens (including phenoxy) is 2. The summed E-state index contributed by atoms with van der Waals surface area (Å²) in [4.78, 5) is 14.5. The van der Waals surface area contributed by atoms with Gasteiger partial charge in [-0.15, -0.1) is 0 Å². The number of H-pyrrole nitrogens is 1. The molecule has 1 fully saturated rings. The third-order valence-corrected chi connectivity index (χ3v) is 6.22. The summed E-state index contributed by atoms with van der Waals surface area (Å²) in [5.41, 5.74) is 5.80. The highest BCUT2D eigenvalue weighted by atomic mass is 32.2. The van der Waals surface area contributed by atoms with E-state index in [0.717, 1.165) is 59.9 Å². The number of nitrogens with one attached hydrogen (secondary N) is 1. The molecule has 0 spiro atoms. The second kappa shape index (κ2) is 7.98. The van der Waals surface area contributed by atoms with E-state index >= 15 is 0 Å². The van der Waals surface area contributed by atoms with E-state index in [1.807, 2.05) is 24.4 Å². The van der Waals surface area contributed by atoms with Gasteiger partial charge in [-0.3, -0.25) is 9.97 Å². The van der Waals surface area contributed by atoms with Gasteiger partial charge in [-0.2, -0.15) is 4.98 Å². The quantitative estimate of drug-likeness (QED) is 0.663. The van der Waals surface area contributed by atoms with Crippen LogP contribution in [0.15, 0.2) is 29.6 Å². The minimum absolute atomic E-state index is 0.320. The number of hydrogen-bond donors (Lipinski definition) is 1. The second-order valence-corrected chi connectivity index (χ2v) is 8.24. The molecule has 0 saturated carbocycles. The van der Waals surface area contributed by atoms with E-state index in [2.05, 4.69) is 33.7 Å². The smallest absolute Gasteiger partial charge is 0.322 e. The van der Waals surface area contributed by atoms with Crippen molar-refractivity contribution in [3.05, 3.63) is 41.2 Å². The van der Waals surface area contributed by atoms with Gasteiger partial charge in [0.2, 0.25) is 0 Å². The molecule has 28 heavy (non-hydrogen) atoms. The minimum atomic E-state index is -1.32. The molecule has 0 amide bonds. The van der Waals surface area contributed by atoms with Crippen molar-refractivity contribution in [1.82, 2.24) is 15.0 Å². The standard InChI is InChI=1S/C20H24N4O3S/c1-13-11-21-18(14(2)19(13)24-6-8-27-9-7-24)12-28(25)20-22-16-5-4-15(26-3)10-17(16)23-20/h4-5,10-11H,6-9,12H2,1-3H3,(H,22,23). The molecule has 0 bridgehead atoms. The molecule has 1 N–H and O–H groups in total. The molecule has 0 aliphatic carbocycles. The van der Waals surface area contributed by atoms with E-state index in [1.54, 1.807) is 7.11 Å². The number of aromatic amines is 1. The van der Waals surface area contributed by atoms with Crippen molar-refractivity contribution in [2.75, 3.05) is 38.3 Å². The topological polar surface area (TPSA) is 86.3 Å². The average Bonchev–Trinajstić information content (AvgIpc) is 3.14. The molecule has 1 aliphatic rings. The van der Waals surface area contributed by atoms with Gasteiger partial charge in [0, 0.05) is 42.2 Å². The van der Waals surface area contributed by atoms with Gasteiger partial charge in [0.25, 0.3) is 0 Å². The van der Waals surface area contributed by atoms with Gasteiger partial charge in [0.05, 0.1) is 37.1 Å². The van der Waals surface area contributed by atoms with Crippen molar-refractivity contribution in [3.8, 4) is 5.75 Å². The van der Waals surface area contributed by atoms with E-state index in [1.165, 1.54) is 5.69 Å². The van der Waals surface area contributed by atoms with Crippen LogP contribution in [0.4, 0.5) is 5.69 Å². The number of anilines is 1. The summed E-state index contributed by atoms with van der Waals surface area (Å²) in [6.45, 7) is 7.30. The first-order valence-electron chi connectivity index (χ1n) is 9.26. The fourth-order valence-corrected chi connectivity index (χ4v) is 4.67. The van der Waals surface area contributed by atoms with Crippen LogP contribution in [-0.2, 0) is 21.7 Å². The number of pyridine rings is 1. The van der Waals surface area contributed by atoms with E-state index < -0.39 is 11.2 Å². The molecule has 1 saturated heterocycles. The van der Waals surface area contributed by atoms with E-state index in [9.17, 15) is 4.55 Å². The lowest BCUT2D eigenvalue weighted by atomic mass is 10.1. The Hall–Kier alpha value is -2.29. The summed E-state index contributed by atoms with van der Waals surface area (Å²) < 4.78 is 23.7. The Labute approximate surface area is 167 Å². The monoisotopic (exact) mass is 400 g/mol. The molecule has 1 aliphatic heterocycles. The summed E-state index contributed by atoms with van der Waals surface area (Å²) in [6.07, 6.45) is 1.87. The lowest BCUT2D eigenvalue weighted by Crippen LogP contribution is -2.37. The first-order chi connectivity index (χ1) is 13.6. The maximum absolute atomic E-state index is 13.0. The second-order valence-electron chi connectivity index (χ2n) is 6.88. The first-order valence-corrected chi connectivity index (χ1v) is 10.6. The van der Waals surface area contributed by atoms with Crippen LogP contribution in [0, 0.1) is 13.8 Å². The maximum atomic E-state index is 13.0. The highest BCUT2D eigenvalue weighted by Crippen LogP contribution is 2.29. The van der Waals surface area contributed by atoms with Crippen molar-refractivity contribution < 1.29 is 14.0 Å². The van der Waals surface area contributed by atoms with Crippen molar-refractivity contribution in [1.29, 1.82) is 0 Å². The Bertz CT molecular complexity index is 985. The predicted octanol–water partition coefficient (Wildman–Crippen LogP) is 2.73. The molecule has 0 radical (unpaired) electrons. The number of nitrogens with zero attached hydrogens (tertiary/aromatic N) is 3. The van der Waals surface area contributed by atoms with E-state index in [-0.39, 0.29) is 0 Å². The third kappa shape index (κ3) is 3.67. The van der Waals surface area contributed by atoms with Crippen molar-refractivity contribution in [2.24, 2.45) is 0 Å². The largest absolute Gasteiger partial charge is 0.609 e. The van der Waals surface area contributed by atoms with Gasteiger partial charge in [-0.25, -0.2) is 0 Å². The van der Waals surface area contributed by atoms with Gasteiger partial charge >= 0.3 is 5.16 Å². The van der Waals surface area contributed by atoms with Gasteiger partial charge in [0.15, 0.2) is 5.75 Å². The molecule has 4 rings (SSSR count). The number of methoxy groups -OCH3 is 1. The number of imidazole rings is 1. The lowest BCUT2D eigenvalue weighted by molar-refractivity contribution is 0.122. The molecule has 1 atom stereocenters. The Morgan fingerprint density at radius 3 is 2.82 bits per heavy atom. The van der Waals surface area contributed by atoms with Crippen molar-refractivity contribution >= 4 is 27.9 Å². The van der Waals surface area contributed by atoms with Crippen LogP contribution < -0.4 is 9.64 Å². The highest BCUT2D eigenvalue weighted by Gasteiger charge is 2.23. The van der Waals surface area contributed by atoms with Crippen LogP contribution in [0.25, 0.3) is 11.0 Å². The predicted molar refractivity (Wildman–Crippen MR) is 110 cm³/mol. The summed E-state index contributed by atoms with van der Waals surface area (Å²) in [5, 5.41) is 0.456. The first kappa shape index (κ1) is 19.0. The van der Waals surface area contributed by atoms with Gasteiger partial charge in [-0.1, -0.05) is 0 Å². The molecule has 3 heterocycles. The zero-order valence-corrected chi connectivity index (χ0v) is 17.1. The Morgan fingerprint density at radius 1 is 1.29 bits per heavy atom. The van der Waals surface area contributed by atoms with Crippen LogP contribution in [0.3, 0.4) is 0 Å². The van der Waals surface area contributed by atoms with Crippen LogP contribution in [0.2, 0.25) is 0 Å². The Morgan fingerprint density at radius 2 is 2.07 bits per heavy atom. The molecular formula is C20H24N4O3S. The van der Waals surface area contributed by atoms with E-state index in [4.69, 9.17) is 9.47 Å². The molecule has 7 nitrogen and oxygen atoms in total. The molecular weight excluding hydrogens is 376 g/mol. The number of aromatic nitrogens is 3. The maximum Gasteiger partial charge on any atom is 0.322 e. The van der Waals surface area contributed by atoms with Crippen molar-refractivity contribution in [3.63, 3.8) is 0 Å².